The first kappa shape index (κ1) is 13.9. The van der Waals surface area contributed by atoms with Crippen LogP contribution < -0.4 is 5.32 Å². The van der Waals surface area contributed by atoms with E-state index in [4.69, 9.17) is 5.11 Å². The largest absolute Gasteiger partial charge is 0.481 e. The number of nitrogens with zero attached hydrogens (tertiary/aromatic N) is 2. The SMILES string of the molecule is CC(C)(CNC(=O)c1ccc2nccnc2c1)C(=O)O. The lowest BCUT2D eigenvalue weighted by Gasteiger charge is -2.19. The lowest BCUT2D eigenvalue weighted by molar-refractivity contribution is -0.146. The summed E-state index contributed by atoms with van der Waals surface area (Å²) in [6.07, 6.45) is 3.13. The van der Waals surface area contributed by atoms with Crippen molar-refractivity contribution in [1.82, 2.24) is 15.3 Å². The molecule has 1 aromatic carbocycles. The fourth-order valence-corrected chi connectivity index (χ4v) is 1.58. The molecule has 0 unspecified atom stereocenters. The van der Waals surface area contributed by atoms with Gasteiger partial charge in [0.15, 0.2) is 0 Å². The van der Waals surface area contributed by atoms with Crippen molar-refractivity contribution in [3.8, 4) is 0 Å². The number of rotatable bonds is 4. The third kappa shape index (κ3) is 2.90. The Kier molecular flexibility index (Phi) is 3.65. The molecule has 2 aromatic rings. The molecule has 0 atom stereocenters. The lowest BCUT2D eigenvalue weighted by atomic mass is 9.94. The van der Waals surface area contributed by atoms with Gasteiger partial charge >= 0.3 is 5.97 Å². The summed E-state index contributed by atoms with van der Waals surface area (Å²) in [6.45, 7) is 3.17. The molecule has 0 aliphatic carbocycles. The number of aromatic nitrogens is 2. The summed E-state index contributed by atoms with van der Waals surface area (Å²) in [5, 5.41) is 11.6. The predicted octanol–water partition coefficient (Wildman–Crippen LogP) is 1.47. The smallest absolute Gasteiger partial charge is 0.310 e. The first-order valence-corrected chi connectivity index (χ1v) is 6.12. The second kappa shape index (κ2) is 5.24. The Morgan fingerprint density at radius 2 is 1.85 bits per heavy atom. The normalized spacial score (nSPS) is 11.3. The van der Waals surface area contributed by atoms with Crippen LogP contribution in [0.5, 0.6) is 0 Å². The maximum Gasteiger partial charge on any atom is 0.310 e. The number of carbonyl (C=O) groups is 2. The number of amides is 1. The number of aliphatic carboxylic acids is 1. The molecular formula is C14H15N3O3. The summed E-state index contributed by atoms with van der Waals surface area (Å²) in [7, 11) is 0. The van der Waals surface area contributed by atoms with Gasteiger partial charge in [-0.3, -0.25) is 19.6 Å². The molecule has 0 bridgehead atoms. The van der Waals surface area contributed by atoms with Crippen molar-refractivity contribution in [1.29, 1.82) is 0 Å². The molecule has 104 valence electrons. The summed E-state index contributed by atoms with van der Waals surface area (Å²) in [6, 6.07) is 4.98. The molecule has 0 fully saturated rings. The van der Waals surface area contributed by atoms with Crippen LogP contribution in [0.1, 0.15) is 24.2 Å². The molecule has 6 nitrogen and oxygen atoms in total. The van der Waals surface area contributed by atoms with E-state index in [0.717, 1.165) is 0 Å². The Morgan fingerprint density at radius 3 is 2.50 bits per heavy atom. The van der Waals surface area contributed by atoms with Crippen LogP contribution in [0.3, 0.4) is 0 Å². The summed E-state index contributed by atoms with van der Waals surface area (Å²) in [5.41, 5.74) is 0.749. The minimum atomic E-state index is -1.01. The van der Waals surface area contributed by atoms with Crippen LogP contribution in [0.15, 0.2) is 30.6 Å². The first-order chi connectivity index (χ1) is 9.40. The average molecular weight is 273 g/mol. The highest BCUT2D eigenvalue weighted by Crippen LogP contribution is 2.14. The van der Waals surface area contributed by atoms with Crippen LogP contribution >= 0.6 is 0 Å². The van der Waals surface area contributed by atoms with E-state index in [1.165, 1.54) is 0 Å². The molecule has 1 aromatic heterocycles. The van der Waals surface area contributed by atoms with Gasteiger partial charge in [0.25, 0.3) is 5.91 Å². The van der Waals surface area contributed by atoms with Crippen molar-refractivity contribution in [3.05, 3.63) is 36.2 Å². The van der Waals surface area contributed by atoms with Gasteiger partial charge in [0, 0.05) is 24.5 Å². The van der Waals surface area contributed by atoms with E-state index in [1.54, 1.807) is 44.4 Å². The van der Waals surface area contributed by atoms with E-state index in [9.17, 15) is 9.59 Å². The number of hydrogen-bond donors (Lipinski definition) is 2. The van der Waals surface area contributed by atoms with E-state index in [2.05, 4.69) is 15.3 Å². The monoisotopic (exact) mass is 273 g/mol. The molecule has 20 heavy (non-hydrogen) atoms. The molecule has 2 rings (SSSR count). The van der Waals surface area contributed by atoms with Crippen molar-refractivity contribution in [2.45, 2.75) is 13.8 Å². The van der Waals surface area contributed by atoms with E-state index in [0.29, 0.717) is 16.6 Å². The van der Waals surface area contributed by atoms with Crippen LogP contribution in [-0.2, 0) is 4.79 Å². The topological polar surface area (TPSA) is 92.2 Å². The van der Waals surface area contributed by atoms with Gasteiger partial charge in [-0.2, -0.15) is 0 Å². The van der Waals surface area contributed by atoms with Crippen LogP contribution in [0.25, 0.3) is 11.0 Å². The van der Waals surface area contributed by atoms with E-state index < -0.39 is 11.4 Å². The molecule has 1 amide bonds. The summed E-state index contributed by atoms with van der Waals surface area (Å²) in [5.74, 6) is -1.28. The molecule has 0 radical (unpaired) electrons. The van der Waals surface area contributed by atoms with Gasteiger partial charge in [-0.05, 0) is 32.0 Å². The first-order valence-electron chi connectivity index (χ1n) is 6.12. The minimum absolute atomic E-state index is 0.0552. The Labute approximate surface area is 115 Å². The second-order valence-corrected chi connectivity index (χ2v) is 5.13. The minimum Gasteiger partial charge on any atom is -0.481 e. The predicted molar refractivity (Wildman–Crippen MR) is 73.3 cm³/mol. The van der Waals surface area contributed by atoms with Crippen LogP contribution in [0.4, 0.5) is 0 Å². The Balaban J connectivity index is 2.14. The fraction of sp³-hybridized carbons (Fsp3) is 0.286. The highest BCUT2D eigenvalue weighted by molar-refractivity contribution is 5.97. The maximum absolute atomic E-state index is 12.0. The molecule has 6 heteroatoms. The van der Waals surface area contributed by atoms with Gasteiger partial charge in [0.1, 0.15) is 0 Å². The molecule has 0 aliphatic heterocycles. The van der Waals surface area contributed by atoms with Crippen LogP contribution in [-0.4, -0.2) is 33.5 Å². The molecule has 0 aliphatic rings. The molecule has 0 saturated heterocycles. The average Bonchev–Trinajstić information content (AvgIpc) is 2.44. The van der Waals surface area contributed by atoms with Crippen molar-refractivity contribution >= 4 is 22.9 Å². The van der Waals surface area contributed by atoms with Gasteiger partial charge in [0.2, 0.25) is 0 Å². The number of fused-ring (bicyclic) bond motifs is 1. The Bertz CT molecular complexity index is 668. The standard InChI is InChI=1S/C14H15N3O3/c1-14(2,13(19)20)8-17-12(18)9-3-4-10-11(7-9)16-6-5-15-10/h3-7H,8H2,1-2H3,(H,17,18)(H,19,20). The van der Waals surface area contributed by atoms with Gasteiger partial charge in [-0.1, -0.05) is 0 Å². The van der Waals surface area contributed by atoms with Crippen molar-refractivity contribution in [2.75, 3.05) is 6.54 Å². The van der Waals surface area contributed by atoms with Crippen LogP contribution in [0, 0.1) is 5.41 Å². The van der Waals surface area contributed by atoms with Crippen molar-refractivity contribution < 1.29 is 14.7 Å². The zero-order chi connectivity index (χ0) is 14.8. The zero-order valence-electron chi connectivity index (χ0n) is 11.3. The van der Waals surface area contributed by atoms with Crippen LogP contribution in [0.2, 0.25) is 0 Å². The number of benzene rings is 1. The zero-order valence-corrected chi connectivity index (χ0v) is 11.3. The third-order valence-corrected chi connectivity index (χ3v) is 3.00. The summed E-state index contributed by atoms with van der Waals surface area (Å²) in [4.78, 5) is 31.2. The van der Waals surface area contributed by atoms with Gasteiger partial charge in [-0.15, -0.1) is 0 Å². The molecular weight excluding hydrogens is 258 g/mol. The number of nitrogens with one attached hydrogen (secondary N) is 1. The van der Waals surface area contributed by atoms with E-state index >= 15 is 0 Å². The highest BCUT2D eigenvalue weighted by atomic mass is 16.4. The highest BCUT2D eigenvalue weighted by Gasteiger charge is 2.27. The number of carboxylic acid groups (broad SMARTS) is 1. The maximum atomic E-state index is 12.0. The summed E-state index contributed by atoms with van der Waals surface area (Å²) >= 11 is 0. The Hall–Kier alpha value is -2.50. The summed E-state index contributed by atoms with van der Waals surface area (Å²) < 4.78 is 0. The molecule has 0 spiro atoms. The van der Waals surface area contributed by atoms with Gasteiger partial charge in [-0.25, -0.2) is 0 Å². The fourth-order valence-electron chi connectivity index (χ4n) is 1.58. The van der Waals surface area contributed by atoms with Gasteiger partial charge < -0.3 is 10.4 Å². The third-order valence-electron chi connectivity index (χ3n) is 3.00. The number of hydrogen-bond acceptors (Lipinski definition) is 4. The molecule has 2 N–H and O–H groups in total. The Morgan fingerprint density at radius 1 is 1.20 bits per heavy atom. The number of carboxylic acids is 1. The second-order valence-electron chi connectivity index (χ2n) is 5.13. The number of carbonyl (C=O) groups excluding carboxylic acids is 1. The lowest BCUT2D eigenvalue weighted by Crippen LogP contribution is -2.38. The van der Waals surface area contributed by atoms with Crippen molar-refractivity contribution in [2.24, 2.45) is 5.41 Å². The quantitative estimate of drug-likeness (QED) is 0.880. The molecule has 0 saturated carbocycles. The van der Waals surface area contributed by atoms with E-state index in [1.807, 2.05) is 0 Å². The van der Waals surface area contributed by atoms with Crippen molar-refractivity contribution in [3.63, 3.8) is 0 Å². The van der Waals surface area contributed by atoms with E-state index in [-0.39, 0.29) is 12.5 Å². The molecule has 1 heterocycles. The van der Waals surface area contributed by atoms with Gasteiger partial charge in [0.05, 0.1) is 16.4 Å².